The van der Waals surface area contributed by atoms with E-state index in [9.17, 15) is 13.2 Å². The van der Waals surface area contributed by atoms with Crippen molar-refractivity contribution in [1.82, 2.24) is 9.62 Å². The lowest BCUT2D eigenvalue weighted by Crippen LogP contribution is -2.41. The van der Waals surface area contributed by atoms with Gasteiger partial charge in [0.15, 0.2) is 0 Å². The Hall–Kier alpha value is -1.44. The number of carbonyl (C=O) groups is 1. The molecule has 1 fully saturated rings. The van der Waals surface area contributed by atoms with Crippen LogP contribution in [-0.2, 0) is 20.5 Å². The number of nitrogens with zero attached hydrogens (tertiary/aromatic N) is 1. The van der Waals surface area contributed by atoms with Gasteiger partial charge < -0.3 is 10.1 Å². The molecule has 0 bridgehead atoms. The van der Waals surface area contributed by atoms with E-state index in [1.807, 2.05) is 6.92 Å². The van der Waals surface area contributed by atoms with E-state index in [4.69, 9.17) is 4.74 Å². The van der Waals surface area contributed by atoms with Crippen LogP contribution in [-0.4, -0.2) is 51.5 Å². The zero-order valence-electron chi connectivity index (χ0n) is 12.7. The third-order valence-electron chi connectivity index (χ3n) is 3.46. The molecule has 0 aliphatic carbocycles. The first kappa shape index (κ1) is 16.9. The lowest BCUT2D eigenvalue weighted by molar-refractivity contribution is 0.0729. The number of carbonyl (C=O) groups excluding carboxylic acids is 1. The molecular weight excluding hydrogens is 304 g/mol. The lowest BCUT2D eigenvalue weighted by Gasteiger charge is -2.26. The van der Waals surface area contributed by atoms with E-state index in [0.29, 0.717) is 44.0 Å². The van der Waals surface area contributed by atoms with Crippen LogP contribution < -0.4 is 5.32 Å². The normalized spacial score (nSPS) is 16.4. The predicted octanol–water partition coefficient (Wildman–Crippen LogP) is 0.988. The molecule has 0 radical (unpaired) electrons. The maximum Gasteiger partial charge on any atom is 0.251 e. The van der Waals surface area contributed by atoms with Gasteiger partial charge in [0.25, 0.3) is 5.91 Å². The largest absolute Gasteiger partial charge is 0.379 e. The summed E-state index contributed by atoms with van der Waals surface area (Å²) >= 11 is 0. The van der Waals surface area contributed by atoms with Crippen molar-refractivity contribution in [2.75, 3.05) is 32.8 Å². The number of nitrogens with one attached hydrogen (secondary N) is 1. The molecule has 1 aromatic carbocycles. The van der Waals surface area contributed by atoms with Gasteiger partial charge in [0, 0.05) is 25.2 Å². The van der Waals surface area contributed by atoms with E-state index >= 15 is 0 Å². The Morgan fingerprint density at radius 1 is 1.23 bits per heavy atom. The highest BCUT2D eigenvalue weighted by Crippen LogP contribution is 2.13. The van der Waals surface area contributed by atoms with E-state index in [2.05, 4.69) is 5.32 Å². The Morgan fingerprint density at radius 2 is 1.86 bits per heavy atom. The average molecular weight is 326 g/mol. The van der Waals surface area contributed by atoms with Gasteiger partial charge in [0.05, 0.1) is 19.0 Å². The highest BCUT2D eigenvalue weighted by molar-refractivity contribution is 7.88. The van der Waals surface area contributed by atoms with Crippen molar-refractivity contribution in [3.63, 3.8) is 0 Å². The van der Waals surface area contributed by atoms with Gasteiger partial charge in [-0.1, -0.05) is 19.1 Å². The molecule has 1 saturated heterocycles. The van der Waals surface area contributed by atoms with Gasteiger partial charge in [-0.25, -0.2) is 8.42 Å². The topological polar surface area (TPSA) is 75.7 Å². The summed E-state index contributed by atoms with van der Waals surface area (Å²) < 4.78 is 31.2. The Morgan fingerprint density at radius 3 is 2.45 bits per heavy atom. The predicted molar refractivity (Wildman–Crippen MR) is 84.1 cm³/mol. The molecule has 2 rings (SSSR count). The zero-order valence-corrected chi connectivity index (χ0v) is 13.6. The minimum absolute atomic E-state index is 0.0517. The van der Waals surface area contributed by atoms with E-state index in [0.717, 1.165) is 6.42 Å². The van der Waals surface area contributed by atoms with Gasteiger partial charge >= 0.3 is 0 Å². The minimum Gasteiger partial charge on any atom is -0.379 e. The van der Waals surface area contributed by atoms with Crippen molar-refractivity contribution in [3.05, 3.63) is 35.4 Å². The van der Waals surface area contributed by atoms with Gasteiger partial charge in [-0.15, -0.1) is 0 Å². The molecule has 1 heterocycles. The molecule has 7 heteroatoms. The second-order valence-corrected chi connectivity index (χ2v) is 7.19. The molecule has 0 saturated carbocycles. The summed E-state index contributed by atoms with van der Waals surface area (Å²) in [5, 5.41) is 2.79. The molecule has 1 amide bonds. The van der Waals surface area contributed by atoms with Gasteiger partial charge in [-0.3, -0.25) is 4.79 Å². The maximum atomic E-state index is 12.3. The lowest BCUT2D eigenvalue weighted by atomic mass is 10.1. The first-order chi connectivity index (χ1) is 10.5. The molecule has 1 aliphatic rings. The van der Waals surface area contributed by atoms with Crippen LogP contribution in [0.15, 0.2) is 24.3 Å². The van der Waals surface area contributed by atoms with Crippen molar-refractivity contribution < 1.29 is 17.9 Å². The number of ether oxygens (including phenoxy) is 1. The molecule has 122 valence electrons. The van der Waals surface area contributed by atoms with Crippen LogP contribution in [0.3, 0.4) is 0 Å². The minimum atomic E-state index is -3.33. The second kappa shape index (κ2) is 7.71. The van der Waals surface area contributed by atoms with Crippen molar-refractivity contribution in [2.24, 2.45) is 0 Å². The zero-order chi connectivity index (χ0) is 16.0. The third-order valence-corrected chi connectivity index (χ3v) is 5.31. The van der Waals surface area contributed by atoms with Crippen LogP contribution in [0.25, 0.3) is 0 Å². The highest BCUT2D eigenvalue weighted by Gasteiger charge is 2.24. The van der Waals surface area contributed by atoms with E-state index < -0.39 is 10.0 Å². The number of morpholine rings is 1. The van der Waals surface area contributed by atoms with Gasteiger partial charge in [-0.2, -0.15) is 4.31 Å². The van der Waals surface area contributed by atoms with Crippen LogP contribution in [0.1, 0.15) is 29.3 Å². The number of benzene rings is 1. The molecule has 1 aromatic rings. The fourth-order valence-corrected chi connectivity index (χ4v) is 3.72. The van der Waals surface area contributed by atoms with E-state index in [-0.39, 0.29) is 11.7 Å². The Kier molecular flexibility index (Phi) is 5.93. The Labute approximate surface area is 131 Å². The Bertz CT molecular complexity index is 592. The molecule has 22 heavy (non-hydrogen) atoms. The number of amides is 1. The van der Waals surface area contributed by atoms with Crippen molar-refractivity contribution in [3.8, 4) is 0 Å². The quantitative estimate of drug-likeness (QED) is 0.846. The summed E-state index contributed by atoms with van der Waals surface area (Å²) in [6.45, 7) is 4.30. The molecule has 0 spiro atoms. The van der Waals surface area contributed by atoms with Crippen molar-refractivity contribution in [1.29, 1.82) is 0 Å². The molecule has 0 unspecified atom stereocenters. The monoisotopic (exact) mass is 326 g/mol. The van der Waals surface area contributed by atoms with Gasteiger partial charge in [0.1, 0.15) is 0 Å². The number of rotatable bonds is 6. The van der Waals surface area contributed by atoms with Gasteiger partial charge in [0.2, 0.25) is 10.0 Å². The molecule has 1 N–H and O–H groups in total. The fraction of sp³-hybridized carbons (Fsp3) is 0.533. The van der Waals surface area contributed by atoms with Crippen LogP contribution in [0.5, 0.6) is 0 Å². The van der Waals surface area contributed by atoms with E-state index in [1.165, 1.54) is 4.31 Å². The fourth-order valence-electron chi connectivity index (χ4n) is 2.22. The summed E-state index contributed by atoms with van der Waals surface area (Å²) in [4.78, 5) is 11.8. The maximum absolute atomic E-state index is 12.3. The molecule has 6 nitrogen and oxygen atoms in total. The molecular formula is C15H22N2O4S. The first-order valence-electron chi connectivity index (χ1n) is 7.45. The standard InChI is InChI=1S/C15H22N2O4S/c1-2-7-16-15(18)14-5-3-13(4-6-14)12-22(19,20)17-8-10-21-11-9-17/h3-6H,2,7-12H2,1H3,(H,16,18). The van der Waals surface area contributed by atoms with Crippen LogP contribution in [0, 0.1) is 0 Å². The van der Waals surface area contributed by atoms with Crippen LogP contribution in [0.2, 0.25) is 0 Å². The number of hydrogen-bond acceptors (Lipinski definition) is 4. The summed E-state index contributed by atoms with van der Waals surface area (Å²) in [5.41, 5.74) is 1.22. The summed E-state index contributed by atoms with van der Waals surface area (Å²) in [5.74, 6) is -0.187. The summed E-state index contributed by atoms with van der Waals surface area (Å²) in [6.07, 6.45) is 0.877. The smallest absolute Gasteiger partial charge is 0.251 e. The SMILES string of the molecule is CCCNC(=O)c1ccc(CS(=O)(=O)N2CCOCC2)cc1. The number of hydrogen-bond donors (Lipinski definition) is 1. The molecule has 0 aromatic heterocycles. The van der Waals surface area contributed by atoms with Crippen LogP contribution in [0.4, 0.5) is 0 Å². The van der Waals surface area contributed by atoms with Crippen molar-refractivity contribution in [2.45, 2.75) is 19.1 Å². The summed E-state index contributed by atoms with van der Waals surface area (Å²) in [7, 11) is -3.33. The van der Waals surface area contributed by atoms with Crippen LogP contribution >= 0.6 is 0 Å². The summed E-state index contributed by atoms with van der Waals surface area (Å²) in [6, 6.07) is 6.71. The first-order valence-corrected chi connectivity index (χ1v) is 9.06. The van der Waals surface area contributed by atoms with Gasteiger partial charge in [-0.05, 0) is 24.1 Å². The third kappa shape index (κ3) is 4.53. The average Bonchev–Trinajstić information content (AvgIpc) is 2.54. The van der Waals surface area contributed by atoms with Crippen molar-refractivity contribution >= 4 is 15.9 Å². The second-order valence-electron chi connectivity index (χ2n) is 5.22. The van der Waals surface area contributed by atoms with E-state index in [1.54, 1.807) is 24.3 Å². The molecule has 1 aliphatic heterocycles. The molecule has 0 atom stereocenters. The highest BCUT2D eigenvalue weighted by atomic mass is 32.2. The Balaban J connectivity index is 1.99. The number of sulfonamides is 1.